The van der Waals surface area contributed by atoms with Gasteiger partial charge in [-0.15, -0.1) is 0 Å². The second-order valence-electron chi connectivity index (χ2n) is 6.45. The van der Waals surface area contributed by atoms with E-state index < -0.39 is 0 Å². The molecule has 29 heavy (non-hydrogen) atoms. The van der Waals surface area contributed by atoms with Gasteiger partial charge in [-0.25, -0.2) is 4.68 Å². The Balaban J connectivity index is 1.45. The number of aryl methyl sites for hydroxylation is 3. The number of hydrogen-bond donors (Lipinski definition) is 1. The van der Waals surface area contributed by atoms with E-state index >= 15 is 0 Å². The molecule has 3 rings (SSSR count). The van der Waals surface area contributed by atoms with Crippen LogP contribution in [-0.2, 0) is 13.3 Å². The molecule has 0 saturated carbocycles. The fraction of sp³-hybridized carbons (Fsp3) is 0.316. The van der Waals surface area contributed by atoms with E-state index in [1.807, 2.05) is 13.0 Å². The molecule has 154 valence electrons. The molecule has 0 aliphatic rings. The first-order valence-electron chi connectivity index (χ1n) is 8.94. The number of carbonyl (C=O) groups excluding carboxylic acids is 1. The van der Waals surface area contributed by atoms with Crippen molar-refractivity contribution in [1.82, 2.24) is 24.9 Å². The molecule has 2 aromatic heterocycles. The Morgan fingerprint density at radius 3 is 2.66 bits per heavy atom. The summed E-state index contributed by atoms with van der Waals surface area (Å²) in [6.07, 6.45) is 2.34. The van der Waals surface area contributed by atoms with E-state index in [0.717, 1.165) is 5.56 Å². The minimum Gasteiger partial charge on any atom is -0.471 e. The molecule has 7 nitrogen and oxygen atoms in total. The van der Waals surface area contributed by atoms with Crippen molar-refractivity contribution < 1.29 is 9.53 Å². The van der Waals surface area contributed by atoms with Gasteiger partial charge in [0.05, 0.1) is 5.69 Å². The number of ether oxygens (including phenoxy) is 1. The predicted molar refractivity (Wildman–Crippen MR) is 113 cm³/mol. The summed E-state index contributed by atoms with van der Waals surface area (Å²) in [7, 11) is 0. The SMILES string of the molecule is Cc1cc(Cl)ccc1OCn1ccc(C(=O)NCCCn2nc(C)c(Cl)c2Cl)n1. The number of halogens is 3. The molecule has 0 aliphatic heterocycles. The largest absolute Gasteiger partial charge is 0.471 e. The minimum atomic E-state index is -0.257. The van der Waals surface area contributed by atoms with Gasteiger partial charge < -0.3 is 10.1 Å². The number of aromatic nitrogens is 4. The third-order valence-electron chi connectivity index (χ3n) is 4.19. The molecule has 3 aromatic rings. The first kappa shape index (κ1) is 21.5. The van der Waals surface area contributed by atoms with E-state index in [0.29, 0.717) is 51.8 Å². The topological polar surface area (TPSA) is 74.0 Å². The molecule has 0 unspecified atom stereocenters. The minimum absolute atomic E-state index is 0.188. The molecule has 0 fully saturated rings. The summed E-state index contributed by atoms with van der Waals surface area (Å²) in [5, 5.41) is 12.8. The quantitative estimate of drug-likeness (QED) is 0.506. The van der Waals surface area contributed by atoms with Crippen LogP contribution in [0.2, 0.25) is 15.2 Å². The lowest BCUT2D eigenvalue weighted by molar-refractivity contribution is 0.0945. The lowest BCUT2D eigenvalue weighted by atomic mass is 10.2. The van der Waals surface area contributed by atoms with E-state index in [2.05, 4.69) is 15.5 Å². The molecule has 1 aromatic carbocycles. The monoisotopic (exact) mass is 455 g/mol. The zero-order chi connectivity index (χ0) is 21.0. The molecule has 2 heterocycles. The van der Waals surface area contributed by atoms with Crippen LogP contribution < -0.4 is 10.1 Å². The van der Waals surface area contributed by atoms with Gasteiger partial charge >= 0.3 is 0 Å². The van der Waals surface area contributed by atoms with Crippen LogP contribution in [0.25, 0.3) is 0 Å². The fourth-order valence-electron chi connectivity index (χ4n) is 2.67. The maximum absolute atomic E-state index is 12.2. The van der Waals surface area contributed by atoms with Crippen LogP contribution in [0.1, 0.15) is 28.2 Å². The van der Waals surface area contributed by atoms with Crippen molar-refractivity contribution in [2.75, 3.05) is 6.54 Å². The average Bonchev–Trinajstić information content (AvgIpc) is 3.25. The van der Waals surface area contributed by atoms with Crippen molar-refractivity contribution in [3.8, 4) is 5.75 Å². The highest BCUT2D eigenvalue weighted by Gasteiger charge is 2.12. The average molecular weight is 457 g/mol. The molecular formula is C19H20Cl3N5O2. The Bertz CT molecular complexity index is 1020. The molecule has 0 atom stereocenters. The Morgan fingerprint density at radius 1 is 1.17 bits per heavy atom. The second-order valence-corrected chi connectivity index (χ2v) is 7.62. The molecule has 10 heteroatoms. The number of nitrogens with zero attached hydrogens (tertiary/aromatic N) is 4. The molecule has 0 radical (unpaired) electrons. The molecule has 1 N–H and O–H groups in total. The third kappa shape index (κ3) is 5.44. The number of hydrogen-bond acceptors (Lipinski definition) is 4. The van der Waals surface area contributed by atoms with Crippen molar-refractivity contribution in [1.29, 1.82) is 0 Å². The maximum atomic E-state index is 12.2. The van der Waals surface area contributed by atoms with E-state index in [1.54, 1.807) is 40.7 Å². The van der Waals surface area contributed by atoms with Gasteiger partial charge in [0.2, 0.25) is 0 Å². The zero-order valence-electron chi connectivity index (χ0n) is 16.0. The lowest BCUT2D eigenvalue weighted by Crippen LogP contribution is -2.26. The number of carbonyl (C=O) groups is 1. The van der Waals surface area contributed by atoms with Crippen molar-refractivity contribution >= 4 is 40.7 Å². The first-order chi connectivity index (χ1) is 13.8. The molecular weight excluding hydrogens is 437 g/mol. The summed E-state index contributed by atoms with van der Waals surface area (Å²) < 4.78 is 8.89. The summed E-state index contributed by atoms with van der Waals surface area (Å²) in [5.41, 5.74) is 1.93. The molecule has 1 amide bonds. The van der Waals surface area contributed by atoms with Gasteiger partial charge in [-0.05, 0) is 50.1 Å². The summed E-state index contributed by atoms with van der Waals surface area (Å²) in [4.78, 5) is 12.2. The van der Waals surface area contributed by atoms with Gasteiger partial charge in [0.1, 0.15) is 21.6 Å². The maximum Gasteiger partial charge on any atom is 0.271 e. The third-order valence-corrected chi connectivity index (χ3v) is 5.36. The van der Waals surface area contributed by atoms with Gasteiger partial charge in [-0.3, -0.25) is 9.48 Å². The van der Waals surface area contributed by atoms with E-state index in [1.165, 1.54) is 0 Å². The molecule has 0 bridgehead atoms. The second kappa shape index (κ2) is 9.52. The number of benzene rings is 1. The van der Waals surface area contributed by atoms with Crippen molar-refractivity contribution in [2.24, 2.45) is 0 Å². The van der Waals surface area contributed by atoms with E-state index in [-0.39, 0.29) is 12.6 Å². The van der Waals surface area contributed by atoms with Gasteiger partial charge in [0.25, 0.3) is 5.91 Å². The summed E-state index contributed by atoms with van der Waals surface area (Å²) in [6, 6.07) is 7.03. The first-order valence-corrected chi connectivity index (χ1v) is 10.1. The molecule has 0 aliphatic carbocycles. The Labute approximate surface area is 183 Å². The Hall–Kier alpha value is -2.22. The van der Waals surface area contributed by atoms with Gasteiger partial charge in [-0.1, -0.05) is 34.8 Å². The van der Waals surface area contributed by atoms with Gasteiger partial charge in [0.15, 0.2) is 6.73 Å². The van der Waals surface area contributed by atoms with Crippen molar-refractivity contribution in [3.05, 3.63) is 62.6 Å². The van der Waals surface area contributed by atoms with Gasteiger partial charge in [0, 0.05) is 24.3 Å². The number of amides is 1. The van der Waals surface area contributed by atoms with Crippen molar-refractivity contribution in [2.45, 2.75) is 33.5 Å². The fourth-order valence-corrected chi connectivity index (χ4v) is 3.29. The summed E-state index contributed by atoms with van der Waals surface area (Å²) >= 11 is 18.0. The van der Waals surface area contributed by atoms with Crippen LogP contribution in [0, 0.1) is 13.8 Å². The van der Waals surface area contributed by atoms with Crippen LogP contribution in [-0.4, -0.2) is 32.0 Å². The Morgan fingerprint density at radius 2 is 1.97 bits per heavy atom. The highest BCUT2D eigenvalue weighted by Crippen LogP contribution is 2.25. The van der Waals surface area contributed by atoms with Crippen LogP contribution in [0.5, 0.6) is 5.75 Å². The Kier molecular flexibility index (Phi) is 7.05. The van der Waals surface area contributed by atoms with Crippen LogP contribution in [0.4, 0.5) is 0 Å². The van der Waals surface area contributed by atoms with Crippen molar-refractivity contribution in [3.63, 3.8) is 0 Å². The van der Waals surface area contributed by atoms with E-state index in [9.17, 15) is 4.79 Å². The molecule has 0 spiro atoms. The molecule has 0 saturated heterocycles. The lowest BCUT2D eigenvalue weighted by Gasteiger charge is -2.09. The number of rotatable bonds is 8. The predicted octanol–water partition coefficient (Wildman–Crippen LogP) is 4.51. The highest BCUT2D eigenvalue weighted by molar-refractivity contribution is 6.41. The number of nitrogens with one attached hydrogen (secondary N) is 1. The normalized spacial score (nSPS) is 10.9. The van der Waals surface area contributed by atoms with E-state index in [4.69, 9.17) is 39.5 Å². The van der Waals surface area contributed by atoms with Crippen LogP contribution in [0.3, 0.4) is 0 Å². The summed E-state index contributed by atoms with van der Waals surface area (Å²) in [6.45, 7) is 4.90. The van der Waals surface area contributed by atoms with Crippen LogP contribution >= 0.6 is 34.8 Å². The van der Waals surface area contributed by atoms with Crippen LogP contribution in [0.15, 0.2) is 30.5 Å². The summed E-state index contributed by atoms with van der Waals surface area (Å²) in [5.74, 6) is 0.454. The highest BCUT2D eigenvalue weighted by atomic mass is 35.5. The smallest absolute Gasteiger partial charge is 0.271 e. The van der Waals surface area contributed by atoms with Gasteiger partial charge in [-0.2, -0.15) is 10.2 Å². The standard InChI is InChI=1S/C19H20Cl3N5O2/c1-12-10-14(20)4-5-16(12)29-11-26-9-6-15(25-26)19(28)23-7-3-8-27-18(22)17(21)13(2)24-27/h4-6,9-10H,3,7-8,11H2,1-2H3,(H,23,28). The zero-order valence-corrected chi connectivity index (χ0v) is 18.2.